The highest BCUT2D eigenvalue weighted by Crippen LogP contribution is 2.35. The summed E-state index contributed by atoms with van der Waals surface area (Å²) in [5.74, 6) is -0.317. The quantitative estimate of drug-likeness (QED) is 0.131. The zero-order chi connectivity index (χ0) is 26.1. The number of amides is 1. The SMILES string of the molecule is C=CCc1cc(/C=C(\C#N)C(=O)Nc2cccc([N+](=O)[O-])c2)cc(OC)c1OCc1cccc(F)c1. The monoisotopic (exact) mass is 487 g/mol. The minimum Gasteiger partial charge on any atom is -0.493 e. The second kappa shape index (κ2) is 11.9. The van der Waals surface area contributed by atoms with Gasteiger partial charge in [-0.2, -0.15) is 5.26 Å². The molecule has 0 aliphatic carbocycles. The fourth-order valence-corrected chi connectivity index (χ4v) is 3.38. The Kier molecular flexibility index (Phi) is 8.51. The number of carbonyl (C=O) groups excluding carboxylic acids is 1. The van der Waals surface area contributed by atoms with Gasteiger partial charge >= 0.3 is 0 Å². The minimum absolute atomic E-state index is 0.0997. The topological polar surface area (TPSA) is 114 Å². The van der Waals surface area contributed by atoms with Crippen LogP contribution in [0.1, 0.15) is 16.7 Å². The predicted octanol–water partition coefficient (Wildman–Crippen LogP) is 5.60. The molecule has 3 aromatic rings. The lowest BCUT2D eigenvalue weighted by molar-refractivity contribution is -0.384. The minimum atomic E-state index is -0.728. The molecule has 182 valence electrons. The molecule has 1 N–H and O–H groups in total. The molecular weight excluding hydrogens is 465 g/mol. The zero-order valence-corrected chi connectivity index (χ0v) is 19.4. The van der Waals surface area contributed by atoms with Crippen LogP contribution in [0, 0.1) is 27.3 Å². The lowest BCUT2D eigenvalue weighted by atomic mass is 10.0. The number of nitro benzene ring substituents is 1. The van der Waals surface area contributed by atoms with Crippen molar-refractivity contribution in [2.24, 2.45) is 0 Å². The van der Waals surface area contributed by atoms with Crippen molar-refractivity contribution in [2.45, 2.75) is 13.0 Å². The van der Waals surface area contributed by atoms with Crippen LogP contribution in [0.3, 0.4) is 0 Å². The van der Waals surface area contributed by atoms with Crippen molar-refractivity contribution in [1.29, 1.82) is 5.26 Å². The first-order valence-corrected chi connectivity index (χ1v) is 10.7. The van der Waals surface area contributed by atoms with Crippen LogP contribution in [0.5, 0.6) is 11.5 Å². The summed E-state index contributed by atoms with van der Waals surface area (Å²) < 4.78 is 24.9. The summed E-state index contributed by atoms with van der Waals surface area (Å²) in [5, 5.41) is 23.0. The van der Waals surface area contributed by atoms with Gasteiger partial charge in [0.05, 0.1) is 12.0 Å². The first-order chi connectivity index (χ1) is 17.3. The molecule has 3 aromatic carbocycles. The number of hydrogen-bond acceptors (Lipinski definition) is 6. The standard InChI is InChI=1S/C27H22FN3O5/c1-3-6-20-11-19(14-25(35-2)26(20)36-17-18-7-4-8-22(28)13-18)12-21(16-29)27(32)30-23-9-5-10-24(15-23)31(33)34/h3-5,7-15H,1,6,17H2,2H3,(H,30,32)/b21-12+. The van der Waals surface area contributed by atoms with Gasteiger partial charge in [0.25, 0.3) is 11.6 Å². The molecule has 9 heteroatoms. The van der Waals surface area contributed by atoms with E-state index in [1.54, 1.807) is 30.3 Å². The highest BCUT2D eigenvalue weighted by atomic mass is 19.1. The lowest BCUT2D eigenvalue weighted by Gasteiger charge is -2.16. The number of nitrogens with one attached hydrogen (secondary N) is 1. The van der Waals surface area contributed by atoms with Crippen LogP contribution in [0.2, 0.25) is 0 Å². The molecule has 36 heavy (non-hydrogen) atoms. The summed E-state index contributed by atoms with van der Waals surface area (Å²) in [6, 6.07) is 16.6. The first kappa shape index (κ1) is 25.6. The Morgan fingerprint density at radius 3 is 2.67 bits per heavy atom. The molecule has 0 radical (unpaired) electrons. The van der Waals surface area contributed by atoms with E-state index in [0.29, 0.717) is 34.6 Å². The average molecular weight is 487 g/mol. The maximum absolute atomic E-state index is 13.5. The number of non-ortho nitro benzene ring substituents is 1. The van der Waals surface area contributed by atoms with Gasteiger partial charge in [0.15, 0.2) is 11.5 Å². The average Bonchev–Trinajstić information content (AvgIpc) is 2.86. The summed E-state index contributed by atoms with van der Waals surface area (Å²) in [4.78, 5) is 23.1. The number of rotatable bonds is 10. The van der Waals surface area contributed by atoms with E-state index < -0.39 is 10.8 Å². The van der Waals surface area contributed by atoms with Crippen molar-refractivity contribution >= 4 is 23.4 Å². The van der Waals surface area contributed by atoms with E-state index in [-0.39, 0.29) is 29.4 Å². The largest absolute Gasteiger partial charge is 0.493 e. The predicted molar refractivity (Wildman–Crippen MR) is 133 cm³/mol. The molecule has 0 unspecified atom stereocenters. The second-order valence-corrected chi connectivity index (χ2v) is 7.55. The number of carbonyl (C=O) groups is 1. The van der Waals surface area contributed by atoms with Crippen molar-refractivity contribution < 1.29 is 23.6 Å². The lowest BCUT2D eigenvalue weighted by Crippen LogP contribution is -2.13. The van der Waals surface area contributed by atoms with Crippen molar-refractivity contribution in [3.8, 4) is 17.6 Å². The highest BCUT2D eigenvalue weighted by Gasteiger charge is 2.16. The molecule has 3 rings (SSSR count). The van der Waals surface area contributed by atoms with E-state index in [1.807, 2.05) is 6.07 Å². The van der Waals surface area contributed by atoms with E-state index in [0.717, 1.165) is 0 Å². The number of methoxy groups -OCH3 is 1. The third-order valence-corrected chi connectivity index (χ3v) is 5.00. The van der Waals surface area contributed by atoms with Gasteiger partial charge in [0, 0.05) is 23.4 Å². The normalized spacial score (nSPS) is 10.8. The number of nitro groups is 1. The summed E-state index contributed by atoms with van der Waals surface area (Å²) in [6.45, 7) is 3.86. The Morgan fingerprint density at radius 2 is 2.00 bits per heavy atom. The van der Waals surface area contributed by atoms with Gasteiger partial charge in [-0.1, -0.05) is 24.3 Å². The Balaban J connectivity index is 1.90. The molecule has 0 atom stereocenters. The maximum Gasteiger partial charge on any atom is 0.271 e. The van der Waals surface area contributed by atoms with Gasteiger partial charge in [0.2, 0.25) is 0 Å². The number of allylic oxidation sites excluding steroid dienone is 1. The first-order valence-electron chi connectivity index (χ1n) is 10.7. The van der Waals surface area contributed by atoms with Crippen LogP contribution in [0.4, 0.5) is 15.8 Å². The van der Waals surface area contributed by atoms with Crippen LogP contribution in [-0.4, -0.2) is 17.9 Å². The summed E-state index contributed by atoms with van der Waals surface area (Å²) in [6.07, 6.45) is 3.44. The third-order valence-electron chi connectivity index (χ3n) is 5.00. The van der Waals surface area contributed by atoms with Crippen LogP contribution >= 0.6 is 0 Å². The number of benzene rings is 3. The molecule has 8 nitrogen and oxygen atoms in total. The number of anilines is 1. The fourth-order valence-electron chi connectivity index (χ4n) is 3.38. The molecule has 1 amide bonds. The van der Waals surface area contributed by atoms with Crippen molar-refractivity contribution in [1.82, 2.24) is 0 Å². The molecule has 0 spiro atoms. The van der Waals surface area contributed by atoms with Gasteiger partial charge in [-0.05, 0) is 54.0 Å². The highest BCUT2D eigenvalue weighted by molar-refractivity contribution is 6.09. The summed E-state index contributed by atoms with van der Waals surface area (Å²) >= 11 is 0. The van der Waals surface area contributed by atoms with Gasteiger partial charge in [0.1, 0.15) is 24.1 Å². The van der Waals surface area contributed by atoms with Gasteiger partial charge < -0.3 is 14.8 Å². The number of nitriles is 1. The number of halogens is 1. The van der Waals surface area contributed by atoms with Crippen molar-refractivity contribution in [2.75, 3.05) is 12.4 Å². The van der Waals surface area contributed by atoms with Crippen molar-refractivity contribution in [3.05, 3.63) is 112 Å². The summed E-state index contributed by atoms with van der Waals surface area (Å²) in [5.41, 5.74) is 1.58. The molecule has 0 bridgehead atoms. The molecule has 0 aliphatic rings. The van der Waals surface area contributed by atoms with E-state index in [2.05, 4.69) is 11.9 Å². The van der Waals surface area contributed by atoms with Crippen molar-refractivity contribution in [3.63, 3.8) is 0 Å². The molecule has 0 saturated heterocycles. The number of nitrogens with zero attached hydrogens (tertiary/aromatic N) is 2. The zero-order valence-electron chi connectivity index (χ0n) is 19.4. The van der Waals surface area contributed by atoms with E-state index >= 15 is 0 Å². The molecular formula is C27H22FN3O5. The molecule has 0 saturated carbocycles. The second-order valence-electron chi connectivity index (χ2n) is 7.55. The molecule has 0 fully saturated rings. The van der Waals surface area contributed by atoms with Crippen LogP contribution < -0.4 is 14.8 Å². The Bertz CT molecular complexity index is 1380. The van der Waals surface area contributed by atoms with Gasteiger partial charge in [-0.15, -0.1) is 6.58 Å². The molecule has 0 aromatic heterocycles. The van der Waals surface area contributed by atoms with E-state index in [1.165, 1.54) is 49.6 Å². The van der Waals surface area contributed by atoms with Gasteiger partial charge in [-0.3, -0.25) is 14.9 Å². The fraction of sp³-hybridized carbons (Fsp3) is 0.111. The van der Waals surface area contributed by atoms with Crippen LogP contribution in [-0.2, 0) is 17.8 Å². The molecule has 0 aliphatic heterocycles. The Morgan fingerprint density at radius 1 is 1.22 bits per heavy atom. The number of hydrogen-bond donors (Lipinski definition) is 1. The number of ether oxygens (including phenoxy) is 2. The summed E-state index contributed by atoms with van der Waals surface area (Å²) in [7, 11) is 1.45. The Labute approximate surface area is 207 Å². The van der Waals surface area contributed by atoms with Crippen LogP contribution in [0.25, 0.3) is 6.08 Å². The third kappa shape index (κ3) is 6.55. The van der Waals surface area contributed by atoms with Gasteiger partial charge in [-0.25, -0.2) is 4.39 Å². The maximum atomic E-state index is 13.5. The smallest absolute Gasteiger partial charge is 0.271 e. The Hall–Kier alpha value is -4.97. The molecule has 0 heterocycles. The van der Waals surface area contributed by atoms with E-state index in [4.69, 9.17) is 9.47 Å². The van der Waals surface area contributed by atoms with Crippen LogP contribution in [0.15, 0.2) is 78.9 Å². The van der Waals surface area contributed by atoms with E-state index in [9.17, 15) is 24.6 Å².